The fourth-order valence-electron chi connectivity index (χ4n) is 1.58. The Morgan fingerprint density at radius 3 is 2.60 bits per heavy atom. The number of ether oxygens (including phenoxy) is 2. The molecular weight excluding hydrogens is 322 g/mol. The zero-order valence-corrected chi connectivity index (χ0v) is 14.2. The molecule has 1 aromatic rings. The molecule has 0 saturated carbocycles. The van der Waals surface area contributed by atoms with Crippen molar-refractivity contribution in [2.75, 3.05) is 7.11 Å². The molecule has 1 atom stereocenters. The van der Waals surface area contributed by atoms with Gasteiger partial charge in [-0.25, -0.2) is 4.79 Å². The van der Waals surface area contributed by atoms with Gasteiger partial charge >= 0.3 is 5.97 Å². The number of nitrogens with one attached hydrogen (secondary N) is 1. The summed E-state index contributed by atoms with van der Waals surface area (Å²) in [4.78, 5) is 11.5. The molecule has 112 valence electrons. The van der Waals surface area contributed by atoms with E-state index in [1.165, 1.54) is 7.11 Å². The quantitative estimate of drug-likeness (QED) is 0.833. The maximum absolute atomic E-state index is 11.5. The predicted molar refractivity (Wildman–Crippen MR) is 82.8 cm³/mol. The van der Waals surface area contributed by atoms with Crippen LogP contribution in [0.2, 0.25) is 0 Å². The molecule has 0 heterocycles. The second-order valence-electron chi connectivity index (χ2n) is 5.61. The minimum Gasteiger partial charge on any atom is -0.478 e. The number of methoxy groups -OCH3 is 1. The molecule has 1 rings (SSSR count). The third-order valence-electron chi connectivity index (χ3n) is 2.69. The molecule has 0 radical (unpaired) electrons. The number of benzene rings is 1. The Labute approximate surface area is 129 Å². The summed E-state index contributed by atoms with van der Waals surface area (Å²) in [5, 5.41) is 3.41. The van der Waals surface area contributed by atoms with Gasteiger partial charge < -0.3 is 14.8 Å². The standard InChI is InChI=1S/C15H22BrNO3/c1-10(14(18)19-5)20-13-11(7-6-8-12(13)16)9-17-15(2,3)4/h6-8,10,17H,9H2,1-5H3. The maximum Gasteiger partial charge on any atom is 0.346 e. The molecule has 0 fully saturated rings. The van der Waals surface area contributed by atoms with Crippen molar-refractivity contribution in [2.24, 2.45) is 0 Å². The number of hydrogen-bond donors (Lipinski definition) is 1. The molecule has 1 N–H and O–H groups in total. The summed E-state index contributed by atoms with van der Waals surface area (Å²) in [6.45, 7) is 8.63. The molecule has 0 spiro atoms. The van der Waals surface area contributed by atoms with Crippen LogP contribution in [0.15, 0.2) is 22.7 Å². The Hall–Kier alpha value is -1.07. The van der Waals surface area contributed by atoms with Crippen molar-refractivity contribution in [1.29, 1.82) is 0 Å². The molecule has 0 amide bonds. The fourth-order valence-corrected chi connectivity index (χ4v) is 2.08. The summed E-state index contributed by atoms with van der Waals surface area (Å²) in [6.07, 6.45) is -0.646. The lowest BCUT2D eigenvalue weighted by molar-refractivity contribution is -0.147. The Morgan fingerprint density at radius 1 is 1.40 bits per heavy atom. The number of rotatable bonds is 5. The molecule has 5 heteroatoms. The predicted octanol–water partition coefficient (Wildman–Crippen LogP) is 3.28. The molecule has 1 unspecified atom stereocenters. The molecule has 0 aliphatic heterocycles. The van der Waals surface area contributed by atoms with Gasteiger partial charge in [0.05, 0.1) is 11.6 Å². The Balaban J connectivity index is 2.91. The Bertz CT molecular complexity index is 469. The highest BCUT2D eigenvalue weighted by molar-refractivity contribution is 9.10. The molecule has 20 heavy (non-hydrogen) atoms. The highest BCUT2D eigenvalue weighted by atomic mass is 79.9. The highest BCUT2D eigenvalue weighted by Gasteiger charge is 2.19. The van der Waals surface area contributed by atoms with E-state index in [2.05, 4.69) is 46.8 Å². The van der Waals surface area contributed by atoms with Crippen LogP contribution in [0, 0.1) is 0 Å². The topological polar surface area (TPSA) is 47.6 Å². The molecule has 0 aromatic heterocycles. The van der Waals surface area contributed by atoms with Crippen LogP contribution in [0.5, 0.6) is 5.75 Å². The smallest absolute Gasteiger partial charge is 0.346 e. The number of hydrogen-bond acceptors (Lipinski definition) is 4. The molecule has 1 aromatic carbocycles. The number of carbonyl (C=O) groups is 1. The van der Waals surface area contributed by atoms with Gasteiger partial charge in [0.25, 0.3) is 0 Å². The summed E-state index contributed by atoms with van der Waals surface area (Å²) < 4.78 is 11.2. The summed E-state index contributed by atoms with van der Waals surface area (Å²) >= 11 is 3.46. The van der Waals surface area contributed by atoms with Gasteiger partial charge in [-0.2, -0.15) is 0 Å². The zero-order valence-electron chi connectivity index (χ0n) is 12.6. The van der Waals surface area contributed by atoms with E-state index in [4.69, 9.17) is 4.74 Å². The van der Waals surface area contributed by atoms with Gasteiger partial charge in [-0.15, -0.1) is 0 Å². The van der Waals surface area contributed by atoms with Crippen LogP contribution in [0.1, 0.15) is 33.3 Å². The van der Waals surface area contributed by atoms with Crippen molar-refractivity contribution < 1.29 is 14.3 Å². The Kier molecular flexibility index (Phi) is 6.02. The lowest BCUT2D eigenvalue weighted by Crippen LogP contribution is -2.35. The van der Waals surface area contributed by atoms with Crippen LogP contribution < -0.4 is 10.1 Å². The SMILES string of the molecule is COC(=O)C(C)Oc1c(Br)cccc1CNC(C)(C)C. The average molecular weight is 344 g/mol. The van der Waals surface area contributed by atoms with Crippen LogP contribution in [0.25, 0.3) is 0 Å². The van der Waals surface area contributed by atoms with Crippen LogP contribution >= 0.6 is 15.9 Å². The van der Waals surface area contributed by atoms with E-state index in [0.29, 0.717) is 12.3 Å². The first-order valence-electron chi connectivity index (χ1n) is 6.51. The molecular formula is C15H22BrNO3. The van der Waals surface area contributed by atoms with Crippen LogP contribution in [0.4, 0.5) is 0 Å². The van der Waals surface area contributed by atoms with Gasteiger partial charge in [0, 0.05) is 17.6 Å². The van der Waals surface area contributed by atoms with Gasteiger partial charge in [0.15, 0.2) is 6.10 Å². The maximum atomic E-state index is 11.5. The second kappa shape index (κ2) is 7.09. The van der Waals surface area contributed by atoms with Gasteiger partial charge in [0.1, 0.15) is 5.75 Å². The molecule has 0 aliphatic carbocycles. The van der Waals surface area contributed by atoms with Crippen molar-refractivity contribution in [3.8, 4) is 5.75 Å². The first kappa shape index (κ1) is 17.0. The molecule has 4 nitrogen and oxygen atoms in total. The van der Waals surface area contributed by atoms with E-state index in [1.54, 1.807) is 6.92 Å². The van der Waals surface area contributed by atoms with E-state index in [1.807, 2.05) is 18.2 Å². The van der Waals surface area contributed by atoms with E-state index in [9.17, 15) is 4.79 Å². The minimum atomic E-state index is -0.646. The first-order chi connectivity index (χ1) is 9.24. The lowest BCUT2D eigenvalue weighted by atomic mass is 10.1. The van der Waals surface area contributed by atoms with Crippen molar-refractivity contribution in [3.63, 3.8) is 0 Å². The summed E-state index contributed by atoms with van der Waals surface area (Å²) in [5.41, 5.74) is 0.998. The number of para-hydroxylation sites is 1. The van der Waals surface area contributed by atoms with Crippen molar-refractivity contribution in [1.82, 2.24) is 5.32 Å². The van der Waals surface area contributed by atoms with E-state index >= 15 is 0 Å². The van der Waals surface area contributed by atoms with E-state index in [0.717, 1.165) is 10.0 Å². The van der Waals surface area contributed by atoms with E-state index < -0.39 is 12.1 Å². The number of carbonyl (C=O) groups excluding carboxylic acids is 1. The van der Waals surface area contributed by atoms with Crippen molar-refractivity contribution >= 4 is 21.9 Å². The summed E-state index contributed by atoms with van der Waals surface area (Å²) in [6, 6.07) is 5.81. The fraction of sp³-hybridized carbons (Fsp3) is 0.533. The molecule has 0 aliphatic rings. The largest absolute Gasteiger partial charge is 0.478 e. The van der Waals surface area contributed by atoms with Crippen LogP contribution in [-0.2, 0) is 16.1 Å². The van der Waals surface area contributed by atoms with Crippen LogP contribution in [-0.4, -0.2) is 24.7 Å². The summed E-state index contributed by atoms with van der Waals surface area (Å²) in [5.74, 6) is 0.276. The van der Waals surface area contributed by atoms with Crippen molar-refractivity contribution in [3.05, 3.63) is 28.2 Å². The normalized spacial score (nSPS) is 12.9. The zero-order chi connectivity index (χ0) is 15.3. The van der Waals surface area contributed by atoms with Gasteiger partial charge in [0.2, 0.25) is 0 Å². The average Bonchev–Trinajstić information content (AvgIpc) is 2.37. The number of esters is 1. The Morgan fingerprint density at radius 2 is 2.05 bits per heavy atom. The summed E-state index contributed by atoms with van der Waals surface area (Å²) in [7, 11) is 1.35. The highest BCUT2D eigenvalue weighted by Crippen LogP contribution is 2.30. The first-order valence-corrected chi connectivity index (χ1v) is 7.31. The third kappa shape index (κ3) is 5.13. The minimum absolute atomic E-state index is 0.00749. The van der Waals surface area contributed by atoms with Gasteiger partial charge in [-0.3, -0.25) is 0 Å². The van der Waals surface area contributed by atoms with Gasteiger partial charge in [-0.1, -0.05) is 12.1 Å². The third-order valence-corrected chi connectivity index (χ3v) is 3.31. The van der Waals surface area contributed by atoms with Gasteiger partial charge in [-0.05, 0) is 49.7 Å². The van der Waals surface area contributed by atoms with Crippen molar-refractivity contribution in [2.45, 2.75) is 45.9 Å². The lowest BCUT2D eigenvalue weighted by Gasteiger charge is -2.23. The number of halogens is 1. The molecule has 0 bridgehead atoms. The van der Waals surface area contributed by atoms with Crippen LogP contribution in [0.3, 0.4) is 0 Å². The monoisotopic (exact) mass is 343 g/mol. The second-order valence-corrected chi connectivity index (χ2v) is 6.47. The molecule has 0 saturated heterocycles. The van der Waals surface area contributed by atoms with E-state index in [-0.39, 0.29) is 5.54 Å².